The van der Waals surface area contributed by atoms with E-state index in [4.69, 9.17) is 16.3 Å². The largest absolute Gasteiger partial charge is 0.457 e. The molecule has 0 aromatic heterocycles. The number of hydrogen-bond acceptors (Lipinski definition) is 2. The molecule has 0 saturated heterocycles. The second-order valence-electron chi connectivity index (χ2n) is 6.14. The second-order valence-corrected chi connectivity index (χ2v) is 7.74. The van der Waals surface area contributed by atoms with Gasteiger partial charge in [0.05, 0.1) is 5.56 Å². The first-order chi connectivity index (χ1) is 12.6. The van der Waals surface area contributed by atoms with Gasteiger partial charge in [-0.25, -0.2) is 0 Å². The maximum absolute atomic E-state index is 12.7. The van der Waals surface area contributed by atoms with Crippen LogP contribution >= 0.6 is 34.2 Å². The minimum Gasteiger partial charge on any atom is -0.457 e. The van der Waals surface area contributed by atoms with Gasteiger partial charge < -0.3 is 9.64 Å². The first-order valence-electron chi connectivity index (χ1n) is 8.19. The van der Waals surface area contributed by atoms with Gasteiger partial charge in [-0.05, 0) is 70.1 Å². The number of halogens is 2. The quantitative estimate of drug-likeness (QED) is 0.440. The van der Waals surface area contributed by atoms with Crippen molar-refractivity contribution in [3.05, 3.63) is 92.0 Å². The molecule has 1 aliphatic rings. The molecule has 130 valence electrons. The van der Waals surface area contributed by atoms with Crippen molar-refractivity contribution in [1.82, 2.24) is 4.90 Å². The Morgan fingerprint density at radius 1 is 1.00 bits per heavy atom. The number of nitrogens with zero attached hydrogens (tertiary/aromatic N) is 1. The van der Waals surface area contributed by atoms with Gasteiger partial charge in [0, 0.05) is 21.7 Å². The van der Waals surface area contributed by atoms with Crippen LogP contribution in [0.4, 0.5) is 0 Å². The molecular weight excluding hydrogens is 461 g/mol. The third-order valence-corrected chi connectivity index (χ3v) is 5.34. The number of hydrogen-bond donors (Lipinski definition) is 0. The summed E-state index contributed by atoms with van der Waals surface area (Å²) >= 11 is 8.29. The third kappa shape index (κ3) is 3.57. The molecule has 0 fully saturated rings. The molecule has 0 aliphatic carbocycles. The number of amides is 1. The number of fused-ring (bicyclic) bond motifs is 1. The summed E-state index contributed by atoms with van der Waals surface area (Å²) in [4.78, 5) is 14.5. The third-order valence-electron chi connectivity index (χ3n) is 4.27. The summed E-state index contributed by atoms with van der Waals surface area (Å²) in [6.07, 6.45) is 0. The second kappa shape index (κ2) is 7.29. The van der Waals surface area contributed by atoms with Crippen LogP contribution in [0.1, 0.15) is 21.5 Å². The maximum atomic E-state index is 12.7. The van der Waals surface area contributed by atoms with E-state index in [0.717, 1.165) is 31.8 Å². The van der Waals surface area contributed by atoms with E-state index in [0.29, 0.717) is 18.1 Å². The molecule has 0 bridgehead atoms. The Labute approximate surface area is 170 Å². The van der Waals surface area contributed by atoms with Gasteiger partial charge in [-0.1, -0.05) is 41.9 Å². The van der Waals surface area contributed by atoms with E-state index >= 15 is 0 Å². The first-order valence-corrected chi connectivity index (χ1v) is 9.65. The molecule has 3 aromatic rings. The zero-order valence-electron chi connectivity index (χ0n) is 13.8. The van der Waals surface area contributed by atoms with E-state index in [1.54, 1.807) is 0 Å². The Hall–Kier alpha value is -2.05. The number of carbonyl (C=O) groups is 1. The van der Waals surface area contributed by atoms with Crippen LogP contribution in [-0.2, 0) is 13.1 Å². The van der Waals surface area contributed by atoms with Crippen molar-refractivity contribution < 1.29 is 9.53 Å². The van der Waals surface area contributed by atoms with E-state index in [2.05, 4.69) is 22.6 Å². The molecule has 4 rings (SSSR count). The van der Waals surface area contributed by atoms with E-state index in [1.165, 1.54) is 0 Å². The molecule has 1 heterocycles. The minimum atomic E-state index is 0.0608. The Kier molecular flexibility index (Phi) is 4.87. The van der Waals surface area contributed by atoms with Crippen LogP contribution in [0.2, 0.25) is 5.02 Å². The van der Waals surface area contributed by atoms with Gasteiger partial charge in [0.25, 0.3) is 5.91 Å². The van der Waals surface area contributed by atoms with Crippen LogP contribution in [0.3, 0.4) is 0 Å². The molecule has 0 radical (unpaired) electrons. The molecule has 1 aliphatic heterocycles. The van der Waals surface area contributed by atoms with Crippen molar-refractivity contribution in [1.29, 1.82) is 0 Å². The van der Waals surface area contributed by atoms with Crippen LogP contribution in [0, 0.1) is 3.57 Å². The van der Waals surface area contributed by atoms with E-state index in [1.807, 2.05) is 71.6 Å². The highest BCUT2D eigenvalue weighted by Gasteiger charge is 2.29. The Balaban J connectivity index is 1.47. The van der Waals surface area contributed by atoms with Crippen LogP contribution in [0.15, 0.2) is 66.7 Å². The number of carbonyl (C=O) groups excluding carboxylic acids is 1. The molecule has 0 N–H and O–H groups in total. The fourth-order valence-corrected chi connectivity index (χ4v) is 4.40. The van der Waals surface area contributed by atoms with Gasteiger partial charge >= 0.3 is 0 Å². The van der Waals surface area contributed by atoms with Crippen LogP contribution < -0.4 is 4.74 Å². The Morgan fingerprint density at radius 3 is 2.42 bits per heavy atom. The van der Waals surface area contributed by atoms with Crippen LogP contribution in [0.25, 0.3) is 0 Å². The fraction of sp³-hybridized carbons (Fsp3) is 0.0952. The normalized spacial score (nSPS) is 13.0. The maximum Gasteiger partial charge on any atom is 0.255 e. The molecule has 1 amide bonds. The van der Waals surface area contributed by atoms with Gasteiger partial charge in [0.2, 0.25) is 0 Å². The average Bonchev–Trinajstić information content (AvgIpc) is 2.93. The van der Waals surface area contributed by atoms with E-state index < -0.39 is 0 Å². The summed E-state index contributed by atoms with van der Waals surface area (Å²) in [7, 11) is 0. The SMILES string of the molecule is O=C1c2c(I)cc(Cl)cc2CN1Cc1ccc(Oc2ccccc2)cc1. The summed E-state index contributed by atoms with van der Waals surface area (Å²) in [5.74, 6) is 1.64. The summed E-state index contributed by atoms with van der Waals surface area (Å²) in [6, 6.07) is 21.2. The molecular formula is C21H15ClINO2. The molecule has 3 aromatic carbocycles. The van der Waals surface area contributed by atoms with Gasteiger partial charge in [-0.3, -0.25) is 4.79 Å². The predicted molar refractivity (Wildman–Crippen MR) is 111 cm³/mol. The van der Waals surface area contributed by atoms with E-state index in [-0.39, 0.29) is 5.91 Å². The molecule has 5 heteroatoms. The van der Waals surface area contributed by atoms with Crippen molar-refractivity contribution in [3.8, 4) is 11.5 Å². The molecule has 0 spiro atoms. The molecule has 26 heavy (non-hydrogen) atoms. The molecule has 0 atom stereocenters. The van der Waals surface area contributed by atoms with Crippen molar-refractivity contribution in [2.75, 3.05) is 0 Å². The zero-order chi connectivity index (χ0) is 18.1. The first kappa shape index (κ1) is 17.4. The van der Waals surface area contributed by atoms with Gasteiger partial charge in [-0.2, -0.15) is 0 Å². The lowest BCUT2D eigenvalue weighted by Gasteiger charge is -2.16. The van der Waals surface area contributed by atoms with Gasteiger partial charge in [0.1, 0.15) is 11.5 Å². The summed E-state index contributed by atoms with van der Waals surface area (Å²) in [5, 5.41) is 0.671. The van der Waals surface area contributed by atoms with Crippen LogP contribution in [-0.4, -0.2) is 10.8 Å². The van der Waals surface area contributed by atoms with Crippen molar-refractivity contribution in [2.24, 2.45) is 0 Å². The summed E-state index contributed by atoms with van der Waals surface area (Å²) in [6.45, 7) is 1.15. The molecule has 0 saturated carbocycles. The number of rotatable bonds is 4. The van der Waals surface area contributed by atoms with Gasteiger partial charge in [0.15, 0.2) is 0 Å². The average molecular weight is 476 g/mol. The highest BCUT2D eigenvalue weighted by molar-refractivity contribution is 14.1. The zero-order valence-corrected chi connectivity index (χ0v) is 16.7. The highest BCUT2D eigenvalue weighted by atomic mass is 127. The number of ether oxygens (including phenoxy) is 1. The Bertz CT molecular complexity index is 958. The monoisotopic (exact) mass is 475 g/mol. The lowest BCUT2D eigenvalue weighted by molar-refractivity contribution is 0.0766. The molecule has 0 unspecified atom stereocenters. The van der Waals surface area contributed by atoms with Crippen molar-refractivity contribution >= 4 is 40.1 Å². The lowest BCUT2D eigenvalue weighted by atomic mass is 10.1. The number of benzene rings is 3. The topological polar surface area (TPSA) is 29.5 Å². The van der Waals surface area contributed by atoms with Crippen molar-refractivity contribution in [3.63, 3.8) is 0 Å². The highest BCUT2D eigenvalue weighted by Crippen LogP contribution is 2.31. The number of para-hydroxylation sites is 1. The molecule has 3 nitrogen and oxygen atoms in total. The van der Waals surface area contributed by atoms with Gasteiger partial charge in [-0.15, -0.1) is 0 Å². The fourth-order valence-electron chi connectivity index (χ4n) is 3.06. The summed E-state index contributed by atoms with van der Waals surface area (Å²) in [5.41, 5.74) is 2.84. The van der Waals surface area contributed by atoms with Crippen LogP contribution in [0.5, 0.6) is 11.5 Å². The smallest absolute Gasteiger partial charge is 0.255 e. The predicted octanol–water partition coefficient (Wildman–Crippen LogP) is 5.89. The van der Waals surface area contributed by atoms with Crippen molar-refractivity contribution in [2.45, 2.75) is 13.1 Å². The lowest BCUT2D eigenvalue weighted by Crippen LogP contribution is -2.23. The summed E-state index contributed by atoms with van der Waals surface area (Å²) < 4.78 is 6.71. The van der Waals surface area contributed by atoms with E-state index in [9.17, 15) is 4.79 Å². The minimum absolute atomic E-state index is 0.0608. The Morgan fingerprint density at radius 2 is 1.69 bits per heavy atom. The standard InChI is InChI=1S/C21H15ClINO2/c22-16-10-15-13-24(21(25)20(15)19(23)11-16)12-14-6-8-18(9-7-14)26-17-4-2-1-3-5-17/h1-11H,12-13H2.